The third-order valence-electron chi connectivity index (χ3n) is 5.93. The van der Waals surface area contributed by atoms with Gasteiger partial charge in [0.15, 0.2) is 0 Å². The van der Waals surface area contributed by atoms with E-state index < -0.39 is 0 Å². The molecule has 4 rings (SSSR count). The standard InChI is InChI=1S/C26H33N5O2/c1-5-24-20(2)27-26-30(18-29(17-9-16-28(3)4)19-31(26)25(24)32)21-12-14-23(15-13-21)33-22-10-7-6-8-11-22/h6-8,10-15H,5,9,16-19H2,1-4H3. The summed E-state index contributed by atoms with van der Waals surface area (Å²) in [7, 11) is 4.17. The number of aryl methyl sites for hydroxylation is 1. The maximum Gasteiger partial charge on any atom is 0.259 e. The highest BCUT2D eigenvalue weighted by molar-refractivity contribution is 5.59. The fraction of sp³-hybridized carbons (Fsp3) is 0.385. The Morgan fingerprint density at radius 3 is 2.36 bits per heavy atom. The summed E-state index contributed by atoms with van der Waals surface area (Å²) in [6.45, 7) is 7.11. The quantitative estimate of drug-likeness (QED) is 0.515. The summed E-state index contributed by atoms with van der Waals surface area (Å²) in [6, 6.07) is 17.7. The molecule has 0 atom stereocenters. The molecule has 0 fully saturated rings. The second kappa shape index (κ2) is 10.2. The van der Waals surface area contributed by atoms with Crippen molar-refractivity contribution in [2.24, 2.45) is 0 Å². The largest absolute Gasteiger partial charge is 0.457 e. The van der Waals surface area contributed by atoms with E-state index in [0.717, 1.165) is 48.0 Å². The highest BCUT2D eigenvalue weighted by Gasteiger charge is 2.27. The molecule has 0 bridgehead atoms. The lowest BCUT2D eigenvalue weighted by molar-refractivity contribution is 0.189. The molecule has 7 nitrogen and oxygen atoms in total. The van der Waals surface area contributed by atoms with Crippen molar-refractivity contribution in [3.8, 4) is 11.5 Å². The normalized spacial score (nSPS) is 13.9. The Morgan fingerprint density at radius 2 is 1.70 bits per heavy atom. The molecule has 0 saturated carbocycles. The van der Waals surface area contributed by atoms with Gasteiger partial charge in [-0.3, -0.25) is 19.2 Å². The van der Waals surface area contributed by atoms with Crippen molar-refractivity contribution < 1.29 is 4.74 Å². The van der Waals surface area contributed by atoms with Gasteiger partial charge < -0.3 is 9.64 Å². The molecular formula is C26H33N5O2. The Bertz CT molecular complexity index is 1130. The Hall–Kier alpha value is -3.16. The van der Waals surface area contributed by atoms with E-state index in [0.29, 0.717) is 25.7 Å². The predicted octanol–water partition coefficient (Wildman–Crippen LogP) is 4.23. The van der Waals surface area contributed by atoms with Crippen molar-refractivity contribution in [2.75, 3.05) is 38.8 Å². The molecule has 0 amide bonds. The second-order valence-electron chi connectivity index (χ2n) is 8.73. The molecular weight excluding hydrogens is 414 g/mol. The number of benzene rings is 2. The Labute approximate surface area is 195 Å². The Balaban J connectivity index is 1.63. The van der Waals surface area contributed by atoms with Crippen LogP contribution in [0.3, 0.4) is 0 Å². The van der Waals surface area contributed by atoms with E-state index in [-0.39, 0.29) is 5.56 Å². The molecule has 0 N–H and O–H groups in total. The number of hydrogen-bond donors (Lipinski definition) is 0. The van der Waals surface area contributed by atoms with Crippen LogP contribution in [0.15, 0.2) is 59.4 Å². The van der Waals surface area contributed by atoms with Crippen LogP contribution in [0, 0.1) is 6.92 Å². The topological polar surface area (TPSA) is 53.8 Å². The average molecular weight is 448 g/mol. The van der Waals surface area contributed by atoms with E-state index in [1.54, 1.807) is 0 Å². The second-order valence-corrected chi connectivity index (χ2v) is 8.73. The summed E-state index contributed by atoms with van der Waals surface area (Å²) in [4.78, 5) is 24.7. The van der Waals surface area contributed by atoms with Crippen molar-refractivity contribution in [1.82, 2.24) is 19.4 Å². The van der Waals surface area contributed by atoms with Gasteiger partial charge in [0.1, 0.15) is 11.5 Å². The van der Waals surface area contributed by atoms with Crippen LogP contribution in [0.2, 0.25) is 0 Å². The predicted molar refractivity (Wildman–Crippen MR) is 132 cm³/mol. The Kier molecular flexibility index (Phi) is 7.11. The van der Waals surface area contributed by atoms with E-state index in [1.807, 2.05) is 73.0 Å². The minimum Gasteiger partial charge on any atom is -0.457 e. The van der Waals surface area contributed by atoms with E-state index in [1.165, 1.54) is 0 Å². The van der Waals surface area contributed by atoms with Crippen molar-refractivity contribution >= 4 is 11.6 Å². The van der Waals surface area contributed by atoms with Gasteiger partial charge >= 0.3 is 0 Å². The zero-order chi connectivity index (χ0) is 23.4. The first-order valence-electron chi connectivity index (χ1n) is 11.5. The molecule has 3 aromatic rings. The molecule has 7 heteroatoms. The number of rotatable bonds is 8. The minimum atomic E-state index is 0.0614. The van der Waals surface area contributed by atoms with E-state index in [2.05, 4.69) is 28.8 Å². The van der Waals surface area contributed by atoms with E-state index in [4.69, 9.17) is 9.72 Å². The third-order valence-corrected chi connectivity index (χ3v) is 5.93. The molecule has 0 saturated heterocycles. The van der Waals surface area contributed by atoms with Crippen LogP contribution >= 0.6 is 0 Å². The van der Waals surface area contributed by atoms with Crippen LogP contribution < -0.4 is 15.2 Å². The lowest BCUT2D eigenvalue weighted by Crippen LogP contribution is -2.48. The van der Waals surface area contributed by atoms with Crippen LogP contribution in [0.1, 0.15) is 24.6 Å². The molecule has 2 aromatic carbocycles. The molecule has 0 unspecified atom stereocenters. The number of aromatic nitrogens is 2. The fourth-order valence-corrected chi connectivity index (χ4v) is 4.20. The molecule has 2 heterocycles. The number of anilines is 2. The first-order chi connectivity index (χ1) is 16.0. The van der Waals surface area contributed by atoms with Crippen LogP contribution in [0.5, 0.6) is 11.5 Å². The van der Waals surface area contributed by atoms with Gasteiger partial charge in [-0.15, -0.1) is 0 Å². The van der Waals surface area contributed by atoms with Crippen molar-refractivity contribution in [3.05, 3.63) is 76.2 Å². The van der Waals surface area contributed by atoms with Crippen LogP contribution in [0.25, 0.3) is 0 Å². The van der Waals surface area contributed by atoms with Crippen LogP contribution in [-0.2, 0) is 13.1 Å². The molecule has 1 aliphatic rings. The van der Waals surface area contributed by atoms with E-state index in [9.17, 15) is 4.79 Å². The zero-order valence-corrected chi connectivity index (χ0v) is 20.0. The first-order valence-corrected chi connectivity index (χ1v) is 11.5. The fourth-order valence-electron chi connectivity index (χ4n) is 4.20. The van der Waals surface area contributed by atoms with Gasteiger partial charge in [-0.25, -0.2) is 4.98 Å². The maximum absolute atomic E-state index is 13.3. The van der Waals surface area contributed by atoms with Gasteiger partial charge in [-0.2, -0.15) is 0 Å². The van der Waals surface area contributed by atoms with Gasteiger partial charge in [0.25, 0.3) is 5.56 Å². The third kappa shape index (κ3) is 5.26. The number of hydrogen-bond acceptors (Lipinski definition) is 6. The number of para-hydroxylation sites is 1. The summed E-state index contributed by atoms with van der Waals surface area (Å²) < 4.78 is 7.77. The Morgan fingerprint density at radius 1 is 1.00 bits per heavy atom. The highest BCUT2D eigenvalue weighted by atomic mass is 16.5. The van der Waals surface area contributed by atoms with Gasteiger partial charge in [0, 0.05) is 23.5 Å². The highest BCUT2D eigenvalue weighted by Crippen LogP contribution is 2.30. The maximum atomic E-state index is 13.3. The van der Waals surface area contributed by atoms with Crippen LogP contribution in [0.4, 0.5) is 11.6 Å². The molecule has 0 aliphatic carbocycles. The summed E-state index contributed by atoms with van der Waals surface area (Å²) in [5.41, 5.74) is 2.65. The lowest BCUT2D eigenvalue weighted by Gasteiger charge is -2.38. The summed E-state index contributed by atoms with van der Waals surface area (Å²) in [6.07, 6.45) is 1.72. The lowest BCUT2D eigenvalue weighted by atomic mass is 10.2. The van der Waals surface area contributed by atoms with Gasteiger partial charge in [-0.05, 0) is 76.8 Å². The van der Waals surface area contributed by atoms with Crippen molar-refractivity contribution in [2.45, 2.75) is 33.4 Å². The first kappa shape index (κ1) is 23.0. The van der Waals surface area contributed by atoms with E-state index >= 15 is 0 Å². The summed E-state index contributed by atoms with van der Waals surface area (Å²) in [5, 5.41) is 0. The van der Waals surface area contributed by atoms with Gasteiger partial charge in [0.05, 0.1) is 13.3 Å². The minimum absolute atomic E-state index is 0.0614. The SMILES string of the molecule is CCc1c(C)nc2n(c1=O)CN(CCCN(C)C)CN2c1ccc(Oc2ccccc2)cc1. The average Bonchev–Trinajstić information content (AvgIpc) is 2.80. The number of nitrogens with zero attached hydrogens (tertiary/aromatic N) is 5. The molecule has 174 valence electrons. The van der Waals surface area contributed by atoms with Gasteiger partial charge in [-0.1, -0.05) is 25.1 Å². The smallest absolute Gasteiger partial charge is 0.259 e. The molecule has 0 radical (unpaired) electrons. The van der Waals surface area contributed by atoms with Crippen molar-refractivity contribution in [3.63, 3.8) is 0 Å². The number of fused-ring (bicyclic) bond motifs is 1. The summed E-state index contributed by atoms with van der Waals surface area (Å²) >= 11 is 0. The molecule has 33 heavy (non-hydrogen) atoms. The monoisotopic (exact) mass is 447 g/mol. The van der Waals surface area contributed by atoms with Crippen LogP contribution in [-0.4, -0.2) is 53.2 Å². The van der Waals surface area contributed by atoms with Crippen molar-refractivity contribution in [1.29, 1.82) is 0 Å². The van der Waals surface area contributed by atoms with Gasteiger partial charge in [0.2, 0.25) is 5.95 Å². The zero-order valence-electron chi connectivity index (χ0n) is 20.0. The summed E-state index contributed by atoms with van der Waals surface area (Å²) in [5.74, 6) is 2.28. The molecule has 0 spiro atoms. The number of ether oxygens (including phenoxy) is 1. The molecule has 1 aromatic heterocycles. The molecule has 1 aliphatic heterocycles.